The molecule has 2 rings (SSSR count). The Balaban J connectivity index is 1.91. The number of anilines is 1. The van der Waals surface area contributed by atoms with Crippen LogP contribution < -0.4 is 5.32 Å². The predicted octanol–water partition coefficient (Wildman–Crippen LogP) is -0.341. The Bertz CT molecular complexity index is 429. The number of carbonyl (C=O) groups is 1. The Morgan fingerprint density at radius 2 is 2.05 bits per heavy atom. The number of carbonyl (C=O) groups excluding carboxylic acids is 1. The molecule has 0 atom stereocenters. The molecule has 7 nitrogen and oxygen atoms in total. The van der Waals surface area contributed by atoms with Crippen molar-refractivity contribution in [3.63, 3.8) is 0 Å². The summed E-state index contributed by atoms with van der Waals surface area (Å²) in [6.07, 6.45) is 0. The first-order chi connectivity index (χ1) is 9.74. The maximum absolute atomic E-state index is 12.3. The average Bonchev–Trinajstić information content (AvgIpc) is 2.49. The van der Waals surface area contributed by atoms with E-state index in [1.165, 1.54) is 0 Å². The lowest BCUT2D eigenvalue weighted by Gasteiger charge is -2.34. The summed E-state index contributed by atoms with van der Waals surface area (Å²) in [6, 6.07) is 3.47. The van der Waals surface area contributed by atoms with Crippen LogP contribution >= 0.6 is 0 Å². The largest absolute Gasteiger partial charge is 0.395 e. The number of nitrogens with one attached hydrogen (secondary N) is 1. The van der Waals surface area contributed by atoms with Crippen molar-refractivity contribution >= 4 is 11.7 Å². The Kier molecular flexibility index (Phi) is 5.25. The first kappa shape index (κ1) is 14.7. The minimum Gasteiger partial charge on any atom is -0.395 e. The first-order valence-electron chi connectivity index (χ1n) is 6.94. The number of aliphatic hydroxyl groups excluding tert-OH is 1. The summed E-state index contributed by atoms with van der Waals surface area (Å²) in [5.74, 6) is 0.598. The van der Waals surface area contributed by atoms with Crippen molar-refractivity contribution < 1.29 is 9.90 Å². The fourth-order valence-electron chi connectivity index (χ4n) is 2.20. The van der Waals surface area contributed by atoms with Gasteiger partial charge in [0, 0.05) is 39.3 Å². The van der Waals surface area contributed by atoms with E-state index >= 15 is 0 Å². The number of amides is 1. The monoisotopic (exact) mass is 279 g/mol. The van der Waals surface area contributed by atoms with Crippen LogP contribution in [0.15, 0.2) is 12.1 Å². The molecule has 0 saturated carbocycles. The number of nitrogens with zero attached hydrogens (tertiary/aromatic N) is 4. The van der Waals surface area contributed by atoms with Gasteiger partial charge in [0.1, 0.15) is 5.82 Å². The molecule has 2 heterocycles. The zero-order valence-corrected chi connectivity index (χ0v) is 11.7. The highest BCUT2D eigenvalue weighted by molar-refractivity contribution is 5.92. The normalized spacial score (nSPS) is 16.2. The standard InChI is InChI=1S/C13H21N5O2/c1-2-14-12-4-3-11(15-16-12)13(20)18-7-5-17(6-8-18)9-10-19/h3-4,19H,2,5-10H2,1H3,(H,14,16). The highest BCUT2D eigenvalue weighted by Crippen LogP contribution is 2.08. The Morgan fingerprint density at radius 1 is 1.30 bits per heavy atom. The van der Waals surface area contributed by atoms with Crippen LogP contribution in [-0.4, -0.2) is 76.9 Å². The van der Waals surface area contributed by atoms with E-state index in [0.29, 0.717) is 31.1 Å². The van der Waals surface area contributed by atoms with Crippen molar-refractivity contribution in [2.24, 2.45) is 0 Å². The third-order valence-electron chi connectivity index (χ3n) is 3.32. The van der Waals surface area contributed by atoms with E-state index in [1.54, 1.807) is 17.0 Å². The summed E-state index contributed by atoms with van der Waals surface area (Å²) >= 11 is 0. The second-order valence-electron chi connectivity index (χ2n) is 4.69. The third-order valence-corrected chi connectivity index (χ3v) is 3.32. The maximum atomic E-state index is 12.3. The molecule has 110 valence electrons. The van der Waals surface area contributed by atoms with Crippen molar-refractivity contribution in [1.29, 1.82) is 0 Å². The number of rotatable bonds is 5. The van der Waals surface area contributed by atoms with Gasteiger partial charge in [0.2, 0.25) is 0 Å². The molecule has 0 aromatic carbocycles. The summed E-state index contributed by atoms with van der Waals surface area (Å²) in [5.41, 5.74) is 0.377. The summed E-state index contributed by atoms with van der Waals surface area (Å²) in [6.45, 7) is 6.47. The number of piperazine rings is 1. The quantitative estimate of drug-likeness (QED) is 0.767. The van der Waals surface area contributed by atoms with Crippen LogP contribution in [0.25, 0.3) is 0 Å². The number of hydrogen-bond donors (Lipinski definition) is 2. The van der Waals surface area contributed by atoms with Gasteiger partial charge in [-0.05, 0) is 19.1 Å². The highest BCUT2D eigenvalue weighted by Gasteiger charge is 2.22. The SMILES string of the molecule is CCNc1ccc(C(=O)N2CCN(CCO)CC2)nn1. The van der Waals surface area contributed by atoms with E-state index in [1.807, 2.05) is 6.92 Å². The summed E-state index contributed by atoms with van der Waals surface area (Å²) in [5, 5.41) is 19.9. The molecule has 1 aromatic rings. The zero-order valence-electron chi connectivity index (χ0n) is 11.7. The minimum atomic E-state index is -0.0794. The molecule has 1 fully saturated rings. The Morgan fingerprint density at radius 3 is 2.60 bits per heavy atom. The van der Waals surface area contributed by atoms with E-state index in [-0.39, 0.29) is 12.5 Å². The molecule has 0 spiro atoms. The minimum absolute atomic E-state index is 0.0794. The predicted molar refractivity (Wildman–Crippen MR) is 75.6 cm³/mol. The molecular weight excluding hydrogens is 258 g/mol. The topological polar surface area (TPSA) is 81.6 Å². The highest BCUT2D eigenvalue weighted by atomic mass is 16.3. The van der Waals surface area contributed by atoms with Gasteiger partial charge in [-0.3, -0.25) is 9.69 Å². The lowest BCUT2D eigenvalue weighted by atomic mass is 10.2. The fraction of sp³-hybridized carbons (Fsp3) is 0.615. The lowest BCUT2D eigenvalue weighted by Crippen LogP contribution is -2.49. The number of hydrogen-bond acceptors (Lipinski definition) is 6. The molecule has 0 radical (unpaired) electrons. The molecule has 1 aliphatic rings. The smallest absolute Gasteiger partial charge is 0.274 e. The molecule has 1 amide bonds. The molecular formula is C13H21N5O2. The Labute approximate surface area is 118 Å². The van der Waals surface area contributed by atoms with Crippen molar-refractivity contribution in [2.45, 2.75) is 6.92 Å². The van der Waals surface area contributed by atoms with Crippen molar-refractivity contribution in [2.75, 3.05) is 51.2 Å². The fourth-order valence-corrected chi connectivity index (χ4v) is 2.20. The lowest BCUT2D eigenvalue weighted by molar-refractivity contribution is 0.0608. The second-order valence-corrected chi connectivity index (χ2v) is 4.69. The van der Waals surface area contributed by atoms with Gasteiger partial charge in [0.15, 0.2) is 5.69 Å². The van der Waals surface area contributed by atoms with Gasteiger partial charge >= 0.3 is 0 Å². The maximum Gasteiger partial charge on any atom is 0.274 e. The van der Waals surface area contributed by atoms with Crippen LogP contribution in [0.4, 0.5) is 5.82 Å². The summed E-state index contributed by atoms with van der Waals surface area (Å²) in [7, 11) is 0. The van der Waals surface area contributed by atoms with Crippen LogP contribution in [0.5, 0.6) is 0 Å². The van der Waals surface area contributed by atoms with E-state index in [2.05, 4.69) is 20.4 Å². The molecule has 2 N–H and O–H groups in total. The molecule has 7 heteroatoms. The second kappa shape index (κ2) is 7.16. The van der Waals surface area contributed by atoms with Gasteiger partial charge in [0.05, 0.1) is 6.61 Å². The molecule has 0 unspecified atom stereocenters. The molecule has 1 saturated heterocycles. The molecule has 1 aliphatic heterocycles. The van der Waals surface area contributed by atoms with Crippen LogP contribution in [0.2, 0.25) is 0 Å². The first-order valence-corrected chi connectivity index (χ1v) is 6.94. The van der Waals surface area contributed by atoms with Crippen LogP contribution in [0.3, 0.4) is 0 Å². The summed E-state index contributed by atoms with van der Waals surface area (Å²) < 4.78 is 0. The van der Waals surface area contributed by atoms with Crippen LogP contribution in [-0.2, 0) is 0 Å². The molecule has 0 aliphatic carbocycles. The van der Waals surface area contributed by atoms with Gasteiger partial charge in [0.25, 0.3) is 5.91 Å². The molecule has 20 heavy (non-hydrogen) atoms. The van der Waals surface area contributed by atoms with Gasteiger partial charge < -0.3 is 15.3 Å². The van der Waals surface area contributed by atoms with Crippen LogP contribution in [0.1, 0.15) is 17.4 Å². The molecule has 0 bridgehead atoms. The third kappa shape index (κ3) is 3.64. The summed E-state index contributed by atoms with van der Waals surface area (Å²) in [4.78, 5) is 16.2. The number of β-amino-alcohol motifs (C(OH)–C–C–N with tert-alkyl or cyclic N) is 1. The van der Waals surface area contributed by atoms with Gasteiger partial charge in [-0.25, -0.2) is 0 Å². The molecule has 1 aromatic heterocycles. The van der Waals surface area contributed by atoms with E-state index in [9.17, 15) is 4.79 Å². The van der Waals surface area contributed by atoms with E-state index < -0.39 is 0 Å². The van der Waals surface area contributed by atoms with Gasteiger partial charge in [-0.15, -0.1) is 10.2 Å². The number of aliphatic hydroxyl groups is 1. The van der Waals surface area contributed by atoms with Crippen LogP contribution in [0, 0.1) is 0 Å². The van der Waals surface area contributed by atoms with E-state index in [4.69, 9.17) is 5.11 Å². The zero-order chi connectivity index (χ0) is 14.4. The Hall–Kier alpha value is -1.73. The van der Waals surface area contributed by atoms with Gasteiger partial charge in [-0.1, -0.05) is 0 Å². The number of aromatic nitrogens is 2. The average molecular weight is 279 g/mol. The van der Waals surface area contributed by atoms with E-state index in [0.717, 1.165) is 19.6 Å². The van der Waals surface area contributed by atoms with Crippen molar-refractivity contribution in [1.82, 2.24) is 20.0 Å². The van der Waals surface area contributed by atoms with Gasteiger partial charge in [-0.2, -0.15) is 0 Å². The van der Waals surface area contributed by atoms with Crippen molar-refractivity contribution in [3.05, 3.63) is 17.8 Å². The van der Waals surface area contributed by atoms with Crippen molar-refractivity contribution in [3.8, 4) is 0 Å².